The first-order chi connectivity index (χ1) is 16.4. The first kappa shape index (κ1) is 23.1. The minimum atomic E-state index is -0.550. The van der Waals surface area contributed by atoms with E-state index >= 15 is 0 Å². The Labute approximate surface area is 199 Å². The normalized spacial score (nSPS) is 11.7. The van der Waals surface area contributed by atoms with E-state index in [0.29, 0.717) is 28.0 Å². The molecule has 1 atom stereocenters. The molecular formula is C24H20FN5O3S. The van der Waals surface area contributed by atoms with E-state index < -0.39 is 16.8 Å². The number of nitrogens with zero attached hydrogens (tertiary/aromatic N) is 4. The first-order valence-electron chi connectivity index (χ1n) is 10.4. The smallest absolute Gasteiger partial charge is 0.269 e. The van der Waals surface area contributed by atoms with Gasteiger partial charge in [0.05, 0.1) is 11.0 Å². The van der Waals surface area contributed by atoms with Gasteiger partial charge in [0.25, 0.3) is 11.6 Å². The number of nitro benzene ring substituents is 1. The average Bonchev–Trinajstić information content (AvgIpc) is 3.28. The fraction of sp³-hybridized carbons (Fsp3) is 0.125. The lowest BCUT2D eigenvalue weighted by atomic mass is 10.2. The van der Waals surface area contributed by atoms with E-state index in [1.807, 2.05) is 30.3 Å². The SMILES string of the molecule is CC(NC(=O)c1ccc(F)cc1)c1nnc(SCc2ccccc2)n1-c1ccc([N+](=O)[O-])cc1. The Hall–Kier alpha value is -4.05. The number of carbonyl (C=O) groups is 1. The van der Waals surface area contributed by atoms with Crippen LogP contribution in [-0.4, -0.2) is 25.6 Å². The molecule has 8 nitrogen and oxygen atoms in total. The minimum Gasteiger partial charge on any atom is -0.342 e. The fourth-order valence-electron chi connectivity index (χ4n) is 3.29. The lowest BCUT2D eigenvalue weighted by Crippen LogP contribution is -2.28. The summed E-state index contributed by atoms with van der Waals surface area (Å²) >= 11 is 1.46. The van der Waals surface area contributed by atoms with Gasteiger partial charge in [0.1, 0.15) is 5.82 Å². The molecule has 1 heterocycles. The Morgan fingerprint density at radius 2 is 1.74 bits per heavy atom. The lowest BCUT2D eigenvalue weighted by molar-refractivity contribution is -0.384. The molecule has 0 bridgehead atoms. The van der Waals surface area contributed by atoms with Crippen molar-refractivity contribution in [2.75, 3.05) is 0 Å². The van der Waals surface area contributed by atoms with Gasteiger partial charge in [0.15, 0.2) is 11.0 Å². The molecule has 1 N–H and O–H groups in total. The van der Waals surface area contributed by atoms with Gasteiger partial charge in [0, 0.05) is 29.1 Å². The van der Waals surface area contributed by atoms with Crippen molar-refractivity contribution in [3.8, 4) is 5.69 Å². The standard InChI is InChI=1S/C24H20FN5O3S/c1-16(26-23(31)18-7-9-19(25)10-8-18)22-27-28-24(34-15-17-5-3-2-4-6-17)29(22)20-11-13-21(14-12-20)30(32)33/h2-14,16H,15H2,1H3,(H,26,31). The zero-order chi connectivity index (χ0) is 24.1. The van der Waals surface area contributed by atoms with Crippen molar-refractivity contribution >= 4 is 23.4 Å². The maximum absolute atomic E-state index is 13.2. The van der Waals surface area contributed by atoms with Crippen LogP contribution in [0.2, 0.25) is 0 Å². The summed E-state index contributed by atoms with van der Waals surface area (Å²) < 4.78 is 15.0. The summed E-state index contributed by atoms with van der Waals surface area (Å²) in [6.07, 6.45) is 0. The van der Waals surface area contributed by atoms with E-state index in [1.54, 1.807) is 23.6 Å². The van der Waals surface area contributed by atoms with Crippen LogP contribution in [0.5, 0.6) is 0 Å². The molecule has 0 aliphatic carbocycles. The summed E-state index contributed by atoms with van der Waals surface area (Å²) in [7, 11) is 0. The number of rotatable bonds is 8. The predicted molar refractivity (Wildman–Crippen MR) is 126 cm³/mol. The van der Waals surface area contributed by atoms with Gasteiger partial charge in [-0.15, -0.1) is 10.2 Å². The van der Waals surface area contributed by atoms with Gasteiger partial charge in [-0.2, -0.15) is 0 Å². The third kappa shape index (κ3) is 5.29. The highest BCUT2D eigenvalue weighted by molar-refractivity contribution is 7.98. The number of hydrogen-bond acceptors (Lipinski definition) is 6. The molecule has 4 aromatic rings. The quantitative estimate of drug-likeness (QED) is 0.215. The van der Waals surface area contributed by atoms with Crippen LogP contribution >= 0.6 is 11.8 Å². The van der Waals surface area contributed by atoms with Crippen LogP contribution in [0, 0.1) is 15.9 Å². The Kier molecular flexibility index (Phi) is 6.98. The zero-order valence-electron chi connectivity index (χ0n) is 18.1. The second kappa shape index (κ2) is 10.3. The van der Waals surface area contributed by atoms with Crippen LogP contribution in [0.3, 0.4) is 0 Å². The monoisotopic (exact) mass is 477 g/mol. The minimum absolute atomic E-state index is 0.0328. The number of benzene rings is 3. The van der Waals surface area contributed by atoms with E-state index in [0.717, 1.165) is 5.56 Å². The summed E-state index contributed by atoms with van der Waals surface area (Å²) in [6.45, 7) is 1.76. The number of thioether (sulfide) groups is 1. The van der Waals surface area contributed by atoms with Crippen molar-refractivity contribution in [1.29, 1.82) is 0 Å². The topological polar surface area (TPSA) is 103 Å². The number of amides is 1. The highest BCUT2D eigenvalue weighted by Gasteiger charge is 2.22. The van der Waals surface area contributed by atoms with Crippen molar-refractivity contribution in [2.24, 2.45) is 0 Å². The van der Waals surface area contributed by atoms with Crippen molar-refractivity contribution in [2.45, 2.75) is 23.9 Å². The number of halogens is 1. The number of aromatic nitrogens is 3. The van der Waals surface area contributed by atoms with Crippen molar-refractivity contribution in [1.82, 2.24) is 20.1 Å². The van der Waals surface area contributed by atoms with Crippen LogP contribution < -0.4 is 5.32 Å². The summed E-state index contributed by atoms with van der Waals surface area (Å²) in [5.74, 6) is 0.286. The van der Waals surface area contributed by atoms with Crippen LogP contribution in [0.4, 0.5) is 10.1 Å². The molecule has 1 amide bonds. The number of carbonyl (C=O) groups excluding carboxylic acids is 1. The van der Waals surface area contributed by atoms with Gasteiger partial charge in [-0.05, 0) is 48.9 Å². The van der Waals surface area contributed by atoms with E-state index in [2.05, 4.69) is 15.5 Å². The van der Waals surface area contributed by atoms with Crippen LogP contribution in [0.1, 0.15) is 34.7 Å². The zero-order valence-corrected chi connectivity index (χ0v) is 18.9. The molecule has 172 valence electrons. The molecule has 0 fully saturated rings. The molecule has 0 saturated carbocycles. The van der Waals surface area contributed by atoms with Crippen molar-refractivity contribution in [3.05, 3.63) is 112 Å². The molecule has 0 radical (unpaired) electrons. The summed E-state index contributed by atoms with van der Waals surface area (Å²) in [5, 5.41) is 23.1. The van der Waals surface area contributed by atoms with Crippen LogP contribution in [0.25, 0.3) is 5.69 Å². The van der Waals surface area contributed by atoms with Crippen molar-refractivity contribution in [3.63, 3.8) is 0 Å². The molecule has 0 aliphatic heterocycles. The lowest BCUT2D eigenvalue weighted by Gasteiger charge is -2.16. The Morgan fingerprint density at radius 1 is 1.06 bits per heavy atom. The highest BCUT2D eigenvalue weighted by atomic mass is 32.2. The Morgan fingerprint density at radius 3 is 2.38 bits per heavy atom. The molecule has 1 unspecified atom stereocenters. The Balaban J connectivity index is 1.64. The maximum Gasteiger partial charge on any atom is 0.269 e. The van der Waals surface area contributed by atoms with Gasteiger partial charge in [-0.25, -0.2) is 4.39 Å². The number of nitrogens with one attached hydrogen (secondary N) is 1. The molecule has 34 heavy (non-hydrogen) atoms. The molecule has 1 aromatic heterocycles. The highest BCUT2D eigenvalue weighted by Crippen LogP contribution is 2.28. The average molecular weight is 478 g/mol. The van der Waals surface area contributed by atoms with E-state index in [4.69, 9.17) is 0 Å². The van der Waals surface area contributed by atoms with Gasteiger partial charge in [0.2, 0.25) is 0 Å². The van der Waals surface area contributed by atoms with Crippen molar-refractivity contribution < 1.29 is 14.1 Å². The second-order valence-electron chi connectivity index (χ2n) is 7.43. The van der Waals surface area contributed by atoms with Crippen LogP contribution in [0.15, 0.2) is 84.0 Å². The fourth-order valence-corrected chi connectivity index (χ4v) is 4.20. The van der Waals surface area contributed by atoms with E-state index in [1.165, 1.54) is 48.2 Å². The third-order valence-corrected chi connectivity index (χ3v) is 6.03. The molecule has 3 aromatic carbocycles. The molecular weight excluding hydrogens is 457 g/mol. The van der Waals surface area contributed by atoms with Crippen LogP contribution in [-0.2, 0) is 5.75 Å². The van der Waals surface area contributed by atoms with Gasteiger partial charge < -0.3 is 5.32 Å². The van der Waals surface area contributed by atoms with Gasteiger partial charge in [-0.1, -0.05) is 42.1 Å². The molecule has 0 saturated heterocycles. The molecule has 0 aliphatic rings. The number of non-ortho nitro benzene ring substituents is 1. The maximum atomic E-state index is 13.2. The van der Waals surface area contributed by atoms with E-state index in [9.17, 15) is 19.3 Å². The third-order valence-electron chi connectivity index (χ3n) is 5.03. The molecule has 0 spiro atoms. The molecule has 10 heteroatoms. The second-order valence-corrected chi connectivity index (χ2v) is 8.37. The Bertz CT molecular complexity index is 1290. The predicted octanol–water partition coefficient (Wildman–Crippen LogP) is 5.10. The van der Waals surface area contributed by atoms with Gasteiger partial charge >= 0.3 is 0 Å². The number of nitro groups is 1. The summed E-state index contributed by atoms with van der Waals surface area (Å²) in [4.78, 5) is 23.3. The van der Waals surface area contributed by atoms with E-state index in [-0.39, 0.29) is 11.6 Å². The summed E-state index contributed by atoms with van der Waals surface area (Å²) in [5.41, 5.74) is 2.01. The molecule has 4 rings (SSSR count). The number of hydrogen-bond donors (Lipinski definition) is 1. The first-order valence-corrected chi connectivity index (χ1v) is 11.3. The van der Waals surface area contributed by atoms with Gasteiger partial charge in [-0.3, -0.25) is 19.5 Å². The summed E-state index contributed by atoms with van der Waals surface area (Å²) in [6, 6.07) is 20.6. The largest absolute Gasteiger partial charge is 0.342 e.